The summed E-state index contributed by atoms with van der Waals surface area (Å²) < 4.78 is 2.33. The van der Waals surface area contributed by atoms with Crippen molar-refractivity contribution in [2.75, 3.05) is 6.54 Å². The minimum Gasteiger partial charge on any atom is -0.554 e. The molecule has 0 saturated heterocycles. The molecule has 1 aliphatic rings. The normalized spacial score (nSPS) is 15.6. The Balaban J connectivity index is 0.000000386. The zero-order valence-corrected chi connectivity index (χ0v) is 9.93. The van der Waals surface area contributed by atoms with Crippen molar-refractivity contribution in [2.24, 2.45) is 0 Å². The predicted molar refractivity (Wildman–Crippen MR) is 62.1 cm³/mol. The van der Waals surface area contributed by atoms with E-state index in [0.29, 0.717) is 0 Å². The maximum absolute atomic E-state index is 8.25. The van der Waals surface area contributed by atoms with E-state index in [-0.39, 0.29) is 5.41 Å². The highest BCUT2D eigenvalue weighted by Gasteiger charge is 2.35. The molecule has 0 spiro atoms. The monoisotopic (exact) mass is 219 g/mol. The molecule has 16 heavy (non-hydrogen) atoms. The van der Waals surface area contributed by atoms with Crippen molar-refractivity contribution in [1.82, 2.24) is 0 Å². The number of nitrogens with zero attached hydrogens (tertiary/aromatic N) is 1. The van der Waals surface area contributed by atoms with E-state index in [2.05, 4.69) is 55.8 Å². The molecule has 0 atom stereocenters. The molecule has 86 valence electrons. The lowest BCUT2D eigenvalue weighted by Gasteiger charge is -2.09. The summed E-state index contributed by atoms with van der Waals surface area (Å²) in [5.74, 6) is 0. The van der Waals surface area contributed by atoms with Crippen LogP contribution in [0.5, 0.6) is 0 Å². The molecule has 0 fully saturated rings. The first-order valence-corrected chi connectivity index (χ1v) is 5.34. The van der Waals surface area contributed by atoms with Gasteiger partial charge in [-0.15, -0.1) is 0 Å². The van der Waals surface area contributed by atoms with Crippen LogP contribution in [-0.2, 0) is 10.2 Å². The molecule has 0 radical (unpaired) electrons. The van der Waals surface area contributed by atoms with Crippen molar-refractivity contribution in [3.05, 3.63) is 29.8 Å². The van der Waals surface area contributed by atoms with Gasteiger partial charge in [-0.1, -0.05) is 18.2 Å². The third-order valence-corrected chi connectivity index (χ3v) is 2.73. The van der Waals surface area contributed by atoms with Crippen LogP contribution in [0.2, 0.25) is 0 Å². The number of fused-ring (bicyclic) bond motifs is 1. The average molecular weight is 219 g/mol. The Kier molecular flexibility index (Phi) is 3.82. The molecule has 2 rings (SSSR count). The van der Waals surface area contributed by atoms with E-state index in [1.165, 1.54) is 11.3 Å². The number of carbonyl (C=O) groups is 1. The molecule has 0 N–H and O–H groups in total. The maximum atomic E-state index is 8.25. The fourth-order valence-electron chi connectivity index (χ4n) is 2.06. The number of hydrogen-bond acceptors (Lipinski definition) is 2. The fraction of sp³-hybridized carbons (Fsp3) is 0.385. The van der Waals surface area contributed by atoms with Gasteiger partial charge in [-0.3, -0.25) is 0 Å². The van der Waals surface area contributed by atoms with Gasteiger partial charge in [-0.05, 0) is 20.8 Å². The fourth-order valence-corrected chi connectivity index (χ4v) is 2.06. The number of carbonyl (C=O) groups excluding carboxylic acids is 1. The van der Waals surface area contributed by atoms with E-state index in [1.807, 2.05) is 0 Å². The standard InChI is InChI=1S/C12H16N.CH2O2/c1-4-13-9-12(2,3)10-7-5-6-8-11(10)13;2-1-3/h5-9H,4H2,1-3H3;1H,(H,2,3)/q+1;/p-1. The Morgan fingerprint density at radius 2 is 1.94 bits per heavy atom. The van der Waals surface area contributed by atoms with Gasteiger partial charge >= 0.3 is 0 Å². The van der Waals surface area contributed by atoms with Crippen LogP contribution in [0.4, 0.5) is 5.69 Å². The van der Waals surface area contributed by atoms with E-state index >= 15 is 0 Å². The highest BCUT2D eigenvalue weighted by atomic mass is 16.3. The number of carboxylic acid groups (broad SMARTS) is 1. The van der Waals surface area contributed by atoms with Gasteiger partial charge in [-0.2, -0.15) is 0 Å². The summed E-state index contributed by atoms with van der Waals surface area (Å²) >= 11 is 0. The second-order valence-corrected chi connectivity index (χ2v) is 4.25. The van der Waals surface area contributed by atoms with Crippen LogP contribution in [0, 0.1) is 0 Å². The smallest absolute Gasteiger partial charge is 0.209 e. The summed E-state index contributed by atoms with van der Waals surface area (Å²) in [6.45, 7) is 7.28. The summed E-state index contributed by atoms with van der Waals surface area (Å²) in [4.78, 5) is 8.25. The summed E-state index contributed by atoms with van der Waals surface area (Å²) in [5, 5.41) is 8.25. The van der Waals surface area contributed by atoms with Crippen molar-refractivity contribution in [2.45, 2.75) is 26.2 Å². The van der Waals surface area contributed by atoms with Crippen molar-refractivity contribution < 1.29 is 14.5 Å². The minimum atomic E-state index is -0.500. The lowest BCUT2D eigenvalue weighted by atomic mass is 9.87. The molecule has 0 unspecified atom stereocenters. The molecule has 0 saturated carbocycles. The van der Waals surface area contributed by atoms with Gasteiger partial charge in [-0.25, -0.2) is 4.58 Å². The van der Waals surface area contributed by atoms with E-state index in [0.717, 1.165) is 6.54 Å². The highest BCUT2D eigenvalue weighted by molar-refractivity contribution is 5.76. The Morgan fingerprint density at radius 3 is 2.50 bits per heavy atom. The van der Waals surface area contributed by atoms with Crippen molar-refractivity contribution in [3.8, 4) is 0 Å². The van der Waals surface area contributed by atoms with Crippen LogP contribution in [0.25, 0.3) is 0 Å². The van der Waals surface area contributed by atoms with Gasteiger partial charge in [0.05, 0.1) is 5.41 Å². The SMILES string of the molecule is CC[N+]1=CC(C)(C)c2ccccc21.O=C[O-]. The first-order chi connectivity index (χ1) is 7.56. The molecule has 0 bridgehead atoms. The summed E-state index contributed by atoms with van der Waals surface area (Å²) in [5.41, 5.74) is 3.01. The topological polar surface area (TPSA) is 43.1 Å². The molecule has 1 aromatic carbocycles. The van der Waals surface area contributed by atoms with Crippen LogP contribution in [0.1, 0.15) is 26.3 Å². The molecule has 3 nitrogen and oxygen atoms in total. The molecular formula is C13H17NO2. The third kappa shape index (κ3) is 2.30. The number of rotatable bonds is 1. The lowest BCUT2D eigenvalue weighted by molar-refractivity contribution is -0.428. The van der Waals surface area contributed by atoms with E-state index in [9.17, 15) is 0 Å². The van der Waals surface area contributed by atoms with Gasteiger partial charge in [0.15, 0.2) is 6.21 Å². The summed E-state index contributed by atoms with van der Waals surface area (Å²) in [7, 11) is 0. The Morgan fingerprint density at radius 1 is 1.38 bits per heavy atom. The second-order valence-electron chi connectivity index (χ2n) is 4.25. The quantitative estimate of drug-likeness (QED) is 0.524. The van der Waals surface area contributed by atoms with Crippen molar-refractivity contribution in [3.63, 3.8) is 0 Å². The number of para-hydroxylation sites is 1. The van der Waals surface area contributed by atoms with Gasteiger partial charge in [0.1, 0.15) is 6.54 Å². The lowest BCUT2D eigenvalue weighted by Crippen LogP contribution is -2.16. The zero-order chi connectivity index (χ0) is 12.2. The Hall–Kier alpha value is -1.64. The van der Waals surface area contributed by atoms with Crippen molar-refractivity contribution in [1.29, 1.82) is 0 Å². The molecule has 1 heterocycles. The average Bonchev–Trinajstić information content (AvgIpc) is 2.53. The predicted octanol–water partition coefficient (Wildman–Crippen LogP) is 1.08. The van der Waals surface area contributed by atoms with Gasteiger partial charge in [0, 0.05) is 18.1 Å². The molecule has 3 heteroatoms. The molecule has 0 aliphatic carbocycles. The molecule has 1 aromatic rings. The molecule has 1 aliphatic heterocycles. The summed E-state index contributed by atoms with van der Waals surface area (Å²) in [6.07, 6.45) is 2.32. The molecule has 0 amide bonds. The van der Waals surface area contributed by atoms with Gasteiger partial charge in [0.2, 0.25) is 5.69 Å². The van der Waals surface area contributed by atoms with Crippen LogP contribution in [-0.4, -0.2) is 23.8 Å². The number of hydrogen-bond donors (Lipinski definition) is 0. The molecular weight excluding hydrogens is 202 g/mol. The third-order valence-electron chi connectivity index (χ3n) is 2.73. The summed E-state index contributed by atoms with van der Waals surface area (Å²) in [6, 6.07) is 8.65. The number of benzene rings is 1. The Labute approximate surface area is 96.0 Å². The van der Waals surface area contributed by atoms with E-state index in [1.54, 1.807) is 0 Å². The molecule has 0 aromatic heterocycles. The van der Waals surface area contributed by atoms with Crippen molar-refractivity contribution >= 4 is 18.4 Å². The van der Waals surface area contributed by atoms with Crippen LogP contribution in [0.3, 0.4) is 0 Å². The first-order valence-electron chi connectivity index (χ1n) is 5.34. The van der Waals surface area contributed by atoms with Crippen LogP contribution < -0.4 is 5.11 Å². The van der Waals surface area contributed by atoms with Crippen LogP contribution in [0.15, 0.2) is 24.3 Å². The maximum Gasteiger partial charge on any atom is 0.209 e. The Bertz CT molecular complexity index is 408. The zero-order valence-electron chi connectivity index (χ0n) is 9.93. The second kappa shape index (κ2) is 4.92. The largest absolute Gasteiger partial charge is 0.554 e. The van der Waals surface area contributed by atoms with Gasteiger partial charge < -0.3 is 9.90 Å². The first kappa shape index (κ1) is 12.4. The highest BCUT2D eigenvalue weighted by Crippen LogP contribution is 2.35. The van der Waals surface area contributed by atoms with E-state index in [4.69, 9.17) is 9.90 Å². The van der Waals surface area contributed by atoms with Gasteiger partial charge in [0.25, 0.3) is 0 Å². The van der Waals surface area contributed by atoms with E-state index < -0.39 is 6.47 Å². The minimum absolute atomic E-state index is 0.201. The van der Waals surface area contributed by atoms with Crippen LogP contribution >= 0.6 is 0 Å².